The van der Waals surface area contributed by atoms with E-state index in [9.17, 15) is 9.18 Å². The second-order valence-corrected chi connectivity index (χ2v) is 5.58. The summed E-state index contributed by atoms with van der Waals surface area (Å²) < 4.78 is 19.3. The number of furan rings is 1. The normalized spacial score (nSPS) is 14.3. The average molecular weight is 338 g/mol. The van der Waals surface area contributed by atoms with Crippen molar-refractivity contribution in [3.8, 4) is 0 Å². The Balaban J connectivity index is 1.85. The van der Waals surface area contributed by atoms with Crippen LogP contribution in [0.2, 0.25) is 0 Å². The minimum Gasteiger partial charge on any atom is -0.457 e. The molecule has 0 N–H and O–H groups in total. The van der Waals surface area contributed by atoms with E-state index in [1.165, 1.54) is 12.3 Å². The molecule has 0 bridgehead atoms. The van der Waals surface area contributed by atoms with Crippen LogP contribution in [0.3, 0.4) is 0 Å². The summed E-state index contributed by atoms with van der Waals surface area (Å²) in [5.74, 6) is -0.409. The lowest BCUT2D eigenvalue weighted by Crippen LogP contribution is -2.32. The minimum atomic E-state index is -0.280. The van der Waals surface area contributed by atoms with E-state index in [0.29, 0.717) is 15.8 Å². The van der Waals surface area contributed by atoms with Crippen molar-refractivity contribution in [3.05, 3.63) is 58.2 Å². The van der Waals surface area contributed by atoms with Gasteiger partial charge in [-0.25, -0.2) is 4.39 Å². The molecule has 3 rings (SSSR count). The zero-order valence-electron chi connectivity index (χ0n) is 10.7. The Kier molecular flexibility index (Phi) is 3.61. The fourth-order valence-corrected chi connectivity index (χ4v) is 2.57. The van der Waals surface area contributed by atoms with Crippen molar-refractivity contribution in [1.82, 2.24) is 4.90 Å². The molecule has 0 saturated heterocycles. The number of carbonyl (C=O) groups excluding carboxylic acids is 1. The van der Waals surface area contributed by atoms with E-state index in [2.05, 4.69) is 15.9 Å². The van der Waals surface area contributed by atoms with Crippen LogP contribution in [0.4, 0.5) is 4.39 Å². The van der Waals surface area contributed by atoms with Crippen molar-refractivity contribution in [1.29, 1.82) is 0 Å². The number of rotatable bonds is 4. The molecule has 104 valence electrons. The standard InChI is InChI=1S/C15H13BrFNO2/c16-14-12(7-8-20-14)15(19)18(11-5-6-11)9-10-3-1-2-4-13(10)17/h1-4,7-8,11H,5-6,9H2. The zero-order chi connectivity index (χ0) is 14.1. The number of carbonyl (C=O) groups is 1. The van der Waals surface area contributed by atoms with Crippen LogP contribution >= 0.6 is 15.9 Å². The van der Waals surface area contributed by atoms with Crippen molar-refractivity contribution in [3.63, 3.8) is 0 Å². The maximum atomic E-state index is 13.8. The average Bonchev–Trinajstić information content (AvgIpc) is 3.19. The number of hydrogen-bond donors (Lipinski definition) is 0. The number of nitrogens with zero attached hydrogens (tertiary/aromatic N) is 1. The van der Waals surface area contributed by atoms with Crippen molar-refractivity contribution in [2.75, 3.05) is 0 Å². The maximum Gasteiger partial charge on any atom is 0.258 e. The van der Waals surface area contributed by atoms with Crippen LogP contribution in [0.5, 0.6) is 0 Å². The molecule has 3 nitrogen and oxygen atoms in total. The molecule has 1 aliphatic carbocycles. The van der Waals surface area contributed by atoms with E-state index >= 15 is 0 Å². The summed E-state index contributed by atoms with van der Waals surface area (Å²) in [6, 6.07) is 8.38. The van der Waals surface area contributed by atoms with Gasteiger partial charge in [0.25, 0.3) is 5.91 Å². The van der Waals surface area contributed by atoms with E-state index in [4.69, 9.17) is 4.42 Å². The van der Waals surface area contributed by atoms with Gasteiger partial charge in [0.1, 0.15) is 5.82 Å². The Bertz CT molecular complexity index is 636. The SMILES string of the molecule is O=C(c1ccoc1Br)N(Cc1ccccc1F)C1CC1. The van der Waals surface area contributed by atoms with Gasteiger partial charge in [-0.3, -0.25) is 4.79 Å². The molecule has 0 atom stereocenters. The molecule has 0 unspecified atom stereocenters. The quantitative estimate of drug-likeness (QED) is 0.845. The van der Waals surface area contributed by atoms with Crippen LogP contribution in [0.15, 0.2) is 45.7 Å². The van der Waals surface area contributed by atoms with Gasteiger partial charge in [0.05, 0.1) is 11.8 Å². The van der Waals surface area contributed by atoms with Crippen molar-refractivity contribution >= 4 is 21.8 Å². The molecule has 1 amide bonds. The van der Waals surface area contributed by atoms with Crippen LogP contribution in [0.1, 0.15) is 28.8 Å². The summed E-state index contributed by atoms with van der Waals surface area (Å²) in [6.07, 6.45) is 3.40. The van der Waals surface area contributed by atoms with Crippen molar-refractivity contribution in [2.45, 2.75) is 25.4 Å². The first-order valence-corrected chi connectivity index (χ1v) is 7.23. The van der Waals surface area contributed by atoms with Gasteiger partial charge in [0, 0.05) is 18.2 Å². The fraction of sp³-hybridized carbons (Fsp3) is 0.267. The first-order chi connectivity index (χ1) is 9.66. The molecule has 1 aliphatic rings. The van der Waals surface area contributed by atoms with Gasteiger partial charge >= 0.3 is 0 Å². The first-order valence-electron chi connectivity index (χ1n) is 6.44. The third kappa shape index (κ3) is 2.63. The Morgan fingerprint density at radius 1 is 1.35 bits per heavy atom. The summed E-state index contributed by atoms with van der Waals surface area (Å²) in [6.45, 7) is 0.286. The monoisotopic (exact) mass is 337 g/mol. The Labute approximate surface area is 124 Å². The van der Waals surface area contributed by atoms with Gasteiger partial charge in [0.15, 0.2) is 4.67 Å². The highest BCUT2D eigenvalue weighted by molar-refractivity contribution is 9.10. The third-order valence-electron chi connectivity index (χ3n) is 3.40. The van der Waals surface area contributed by atoms with Crippen LogP contribution in [0.25, 0.3) is 0 Å². The second kappa shape index (κ2) is 5.40. The summed E-state index contributed by atoms with van der Waals surface area (Å²) in [7, 11) is 0. The van der Waals surface area contributed by atoms with Gasteiger partial charge in [-0.05, 0) is 40.9 Å². The fourth-order valence-electron chi connectivity index (χ4n) is 2.16. The molecule has 20 heavy (non-hydrogen) atoms. The molecular formula is C15H13BrFNO2. The maximum absolute atomic E-state index is 13.8. The summed E-state index contributed by atoms with van der Waals surface area (Å²) >= 11 is 3.22. The van der Waals surface area contributed by atoms with Crippen molar-refractivity contribution in [2.24, 2.45) is 0 Å². The summed E-state index contributed by atoms with van der Waals surface area (Å²) in [5.41, 5.74) is 1.01. The van der Waals surface area contributed by atoms with Crippen LogP contribution in [-0.2, 0) is 6.54 Å². The molecule has 1 fully saturated rings. The van der Waals surface area contributed by atoms with E-state index in [1.54, 1.807) is 29.2 Å². The van der Waals surface area contributed by atoms with Gasteiger partial charge in [-0.15, -0.1) is 0 Å². The largest absolute Gasteiger partial charge is 0.457 e. The number of amides is 1. The predicted octanol–water partition coefficient (Wildman–Crippen LogP) is 3.99. The van der Waals surface area contributed by atoms with Crippen LogP contribution in [0, 0.1) is 5.82 Å². The number of halogens is 2. The highest BCUT2D eigenvalue weighted by atomic mass is 79.9. The highest BCUT2D eigenvalue weighted by Gasteiger charge is 2.34. The topological polar surface area (TPSA) is 33.5 Å². The lowest BCUT2D eigenvalue weighted by molar-refractivity contribution is 0.0726. The van der Waals surface area contributed by atoms with Gasteiger partial charge in [-0.1, -0.05) is 18.2 Å². The first kappa shape index (κ1) is 13.4. The molecule has 0 aliphatic heterocycles. The number of hydrogen-bond acceptors (Lipinski definition) is 2. The lowest BCUT2D eigenvalue weighted by atomic mass is 10.2. The van der Waals surface area contributed by atoms with Crippen molar-refractivity contribution < 1.29 is 13.6 Å². The molecule has 1 aromatic heterocycles. The molecule has 2 aromatic rings. The summed E-state index contributed by atoms with van der Waals surface area (Å²) in [4.78, 5) is 14.3. The molecule has 1 aromatic carbocycles. The van der Waals surface area contributed by atoms with E-state index in [-0.39, 0.29) is 24.3 Å². The Hall–Kier alpha value is -1.62. The second-order valence-electron chi connectivity index (χ2n) is 4.86. The van der Waals surface area contributed by atoms with Gasteiger partial charge in [-0.2, -0.15) is 0 Å². The van der Waals surface area contributed by atoms with Gasteiger partial charge in [0.2, 0.25) is 0 Å². The molecular weight excluding hydrogens is 325 g/mol. The van der Waals surface area contributed by atoms with E-state index < -0.39 is 0 Å². The van der Waals surface area contributed by atoms with Crippen LogP contribution in [-0.4, -0.2) is 16.8 Å². The summed E-state index contributed by atoms with van der Waals surface area (Å²) in [5, 5.41) is 0. The van der Waals surface area contributed by atoms with Crippen LogP contribution < -0.4 is 0 Å². The molecule has 1 saturated carbocycles. The van der Waals surface area contributed by atoms with Gasteiger partial charge < -0.3 is 9.32 Å². The zero-order valence-corrected chi connectivity index (χ0v) is 12.3. The highest BCUT2D eigenvalue weighted by Crippen LogP contribution is 2.31. The smallest absolute Gasteiger partial charge is 0.258 e. The van der Waals surface area contributed by atoms with E-state index in [0.717, 1.165) is 12.8 Å². The minimum absolute atomic E-state index is 0.128. The Morgan fingerprint density at radius 2 is 2.10 bits per heavy atom. The third-order valence-corrected chi connectivity index (χ3v) is 4.01. The Morgan fingerprint density at radius 3 is 2.70 bits per heavy atom. The molecule has 0 radical (unpaired) electrons. The predicted molar refractivity (Wildman–Crippen MR) is 75.7 cm³/mol. The molecule has 5 heteroatoms. The number of benzene rings is 1. The lowest BCUT2D eigenvalue weighted by Gasteiger charge is -2.22. The molecule has 0 spiro atoms. The molecule has 1 heterocycles. The van der Waals surface area contributed by atoms with E-state index in [1.807, 2.05) is 0 Å².